The normalized spacial score (nSPS) is 25.6. The van der Waals surface area contributed by atoms with Gasteiger partial charge in [-0.2, -0.15) is 0 Å². The van der Waals surface area contributed by atoms with E-state index in [1.807, 2.05) is 6.20 Å². The summed E-state index contributed by atoms with van der Waals surface area (Å²) in [5.74, 6) is 0.914. The van der Waals surface area contributed by atoms with Crippen LogP contribution in [0.5, 0.6) is 0 Å². The van der Waals surface area contributed by atoms with E-state index in [2.05, 4.69) is 41.7 Å². The van der Waals surface area contributed by atoms with Gasteiger partial charge < -0.3 is 5.32 Å². The Labute approximate surface area is 119 Å². The van der Waals surface area contributed by atoms with E-state index in [1.54, 1.807) is 11.3 Å². The van der Waals surface area contributed by atoms with E-state index < -0.39 is 0 Å². The highest BCUT2D eigenvalue weighted by molar-refractivity contribution is 7.17. The van der Waals surface area contributed by atoms with Crippen LogP contribution in [0.15, 0.2) is 23.7 Å². The van der Waals surface area contributed by atoms with Gasteiger partial charge in [0.2, 0.25) is 0 Å². The van der Waals surface area contributed by atoms with Crippen molar-refractivity contribution in [3.05, 3.63) is 29.3 Å². The van der Waals surface area contributed by atoms with Crippen LogP contribution < -0.4 is 5.32 Å². The summed E-state index contributed by atoms with van der Waals surface area (Å²) in [6, 6.07) is 5.46. The fourth-order valence-corrected chi connectivity index (χ4v) is 3.76. The predicted molar refractivity (Wildman–Crippen MR) is 82.6 cm³/mol. The lowest BCUT2D eigenvalue weighted by atomic mass is 9.87. The number of pyridine rings is 1. The first kappa shape index (κ1) is 13.1. The zero-order valence-electron chi connectivity index (χ0n) is 11.7. The maximum atomic E-state index is 4.54. The molecule has 0 bridgehead atoms. The average molecular weight is 274 g/mol. The highest BCUT2D eigenvalue weighted by atomic mass is 32.1. The molecule has 1 atom stereocenters. The van der Waals surface area contributed by atoms with Gasteiger partial charge in [-0.15, -0.1) is 11.3 Å². The van der Waals surface area contributed by atoms with Gasteiger partial charge in [-0.25, -0.2) is 0 Å². The molecule has 0 spiro atoms. The minimum absolute atomic E-state index is 0.400. The second kappa shape index (κ2) is 5.59. The van der Waals surface area contributed by atoms with E-state index in [0.717, 1.165) is 11.4 Å². The fraction of sp³-hybridized carbons (Fsp3) is 0.562. The molecule has 1 aliphatic rings. The summed E-state index contributed by atoms with van der Waals surface area (Å²) in [6.07, 6.45) is 7.40. The van der Waals surface area contributed by atoms with Crippen LogP contribution in [0.4, 0.5) is 0 Å². The topological polar surface area (TPSA) is 24.9 Å². The third-order valence-electron chi connectivity index (χ3n) is 4.33. The van der Waals surface area contributed by atoms with E-state index in [4.69, 9.17) is 0 Å². The van der Waals surface area contributed by atoms with Crippen LogP contribution in [0.1, 0.15) is 51.1 Å². The van der Waals surface area contributed by atoms with Gasteiger partial charge in [-0.05, 0) is 61.6 Å². The summed E-state index contributed by atoms with van der Waals surface area (Å²) >= 11 is 1.77. The first-order chi connectivity index (χ1) is 9.22. The Hall–Kier alpha value is -0.930. The molecule has 102 valence electrons. The Morgan fingerprint density at radius 3 is 2.89 bits per heavy atom. The van der Waals surface area contributed by atoms with Gasteiger partial charge in [0.1, 0.15) is 0 Å². The van der Waals surface area contributed by atoms with Crippen LogP contribution in [0.3, 0.4) is 0 Å². The van der Waals surface area contributed by atoms with Crippen molar-refractivity contribution in [2.75, 3.05) is 0 Å². The Kier molecular flexibility index (Phi) is 3.85. The maximum Gasteiger partial charge on any atom is 0.0809 e. The summed E-state index contributed by atoms with van der Waals surface area (Å²) < 4.78 is 1.29. The minimum atomic E-state index is 0.400. The van der Waals surface area contributed by atoms with Crippen molar-refractivity contribution < 1.29 is 0 Å². The van der Waals surface area contributed by atoms with Crippen LogP contribution in [0.2, 0.25) is 0 Å². The second-order valence-corrected chi connectivity index (χ2v) is 6.87. The Morgan fingerprint density at radius 2 is 2.11 bits per heavy atom. The quantitative estimate of drug-likeness (QED) is 0.889. The van der Waals surface area contributed by atoms with E-state index in [1.165, 1.54) is 35.9 Å². The van der Waals surface area contributed by atoms with Crippen molar-refractivity contribution in [3.8, 4) is 0 Å². The maximum absolute atomic E-state index is 4.54. The molecule has 0 saturated heterocycles. The van der Waals surface area contributed by atoms with Crippen molar-refractivity contribution in [2.24, 2.45) is 5.92 Å². The number of fused-ring (bicyclic) bond motifs is 1. The molecule has 2 heterocycles. The van der Waals surface area contributed by atoms with Gasteiger partial charge in [0.15, 0.2) is 0 Å². The molecular formula is C16H22N2S. The zero-order valence-corrected chi connectivity index (χ0v) is 12.5. The Morgan fingerprint density at radius 1 is 1.32 bits per heavy atom. The van der Waals surface area contributed by atoms with Crippen LogP contribution in [-0.2, 0) is 0 Å². The molecule has 2 aromatic rings. The van der Waals surface area contributed by atoms with Gasteiger partial charge in [-0.3, -0.25) is 4.98 Å². The van der Waals surface area contributed by atoms with Crippen LogP contribution in [0, 0.1) is 5.92 Å². The van der Waals surface area contributed by atoms with E-state index >= 15 is 0 Å². The third-order valence-corrected chi connectivity index (χ3v) is 5.18. The summed E-state index contributed by atoms with van der Waals surface area (Å²) in [5, 5.41) is 5.89. The van der Waals surface area contributed by atoms with E-state index in [0.29, 0.717) is 12.1 Å². The molecular weight excluding hydrogens is 252 g/mol. The van der Waals surface area contributed by atoms with E-state index in [-0.39, 0.29) is 0 Å². The van der Waals surface area contributed by atoms with Gasteiger partial charge in [0.25, 0.3) is 0 Å². The summed E-state index contributed by atoms with van der Waals surface area (Å²) in [5.41, 5.74) is 2.43. The van der Waals surface area contributed by atoms with Crippen molar-refractivity contribution in [1.29, 1.82) is 0 Å². The highest BCUT2D eigenvalue weighted by Crippen LogP contribution is 2.27. The molecule has 0 aromatic carbocycles. The summed E-state index contributed by atoms with van der Waals surface area (Å²) in [6.45, 7) is 4.63. The Bertz CT molecular complexity index is 540. The third kappa shape index (κ3) is 2.98. The molecule has 0 radical (unpaired) electrons. The summed E-state index contributed by atoms with van der Waals surface area (Å²) in [4.78, 5) is 4.54. The van der Waals surface area contributed by atoms with Gasteiger partial charge in [-0.1, -0.05) is 6.92 Å². The van der Waals surface area contributed by atoms with Crippen molar-refractivity contribution in [1.82, 2.24) is 10.3 Å². The molecule has 2 nitrogen and oxygen atoms in total. The fourth-order valence-electron chi connectivity index (χ4n) is 2.97. The smallest absolute Gasteiger partial charge is 0.0809 e. The van der Waals surface area contributed by atoms with Crippen LogP contribution >= 0.6 is 11.3 Å². The monoisotopic (exact) mass is 274 g/mol. The molecule has 2 aromatic heterocycles. The lowest BCUT2D eigenvalue weighted by Crippen LogP contribution is -2.34. The van der Waals surface area contributed by atoms with Crippen molar-refractivity contribution in [2.45, 2.75) is 51.6 Å². The molecule has 0 amide bonds. The number of aromatic nitrogens is 1. The Balaban J connectivity index is 1.67. The number of thiophene rings is 1. The molecule has 3 rings (SSSR count). The number of hydrogen-bond donors (Lipinski definition) is 1. The van der Waals surface area contributed by atoms with Gasteiger partial charge >= 0.3 is 0 Å². The minimum Gasteiger partial charge on any atom is -0.307 e. The number of rotatable bonds is 3. The van der Waals surface area contributed by atoms with Gasteiger partial charge in [0, 0.05) is 18.3 Å². The molecule has 1 unspecified atom stereocenters. The molecule has 1 aliphatic carbocycles. The van der Waals surface area contributed by atoms with Crippen molar-refractivity contribution >= 4 is 21.6 Å². The van der Waals surface area contributed by atoms with Crippen LogP contribution in [0.25, 0.3) is 10.2 Å². The largest absolute Gasteiger partial charge is 0.307 e. The number of nitrogens with one attached hydrogen (secondary N) is 1. The molecule has 19 heavy (non-hydrogen) atoms. The zero-order chi connectivity index (χ0) is 13.2. The highest BCUT2D eigenvalue weighted by Gasteiger charge is 2.20. The molecule has 0 aliphatic heterocycles. The lowest BCUT2D eigenvalue weighted by Gasteiger charge is -2.29. The SMILES string of the molecule is CC1CCC(NC(C)c2cnc3ccsc3c2)CC1. The first-order valence-electron chi connectivity index (χ1n) is 7.31. The lowest BCUT2D eigenvalue weighted by molar-refractivity contribution is 0.291. The summed E-state index contributed by atoms with van der Waals surface area (Å²) in [7, 11) is 0. The van der Waals surface area contributed by atoms with Crippen molar-refractivity contribution in [3.63, 3.8) is 0 Å². The van der Waals surface area contributed by atoms with E-state index in [9.17, 15) is 0 Å². The second-order valence-electron chi connectivity index (χ2n) is 5.92. The average Bonchev–Trinajstić information content (AvgIpc) is 2.88. The number of hydrogen-bond acceptors (Lipinski definition) is 3. The standard InChI is InChI=1S/C16H22N2S/c1-11-3-5-14(6-4-11)18-12(2)13-9-16-15(17-10-13)7-8-19-16/h7-12,14,18H,3-6H2,1-2H3. The van der Waals surface area contributed by atoms with Crippen LogP contribution in [-0.4, -0.2) is 11.0 Å². The molecule has 1 N–H and O–H groups in total. The number of nitrogens with zero attached hydrogens (tertiary/aromatic N) is 1. The van der Waals surface area contributed by atoms with Gasteiger partial charge in [0.05, 0.1) is 10.2 Å². The molecule has 1 fully saturated rings. The molecule has 1 saturated carbocycles. The molecule has 3 heteroatoms. The first-order valence-corrected chi connectivity index (χ1v) is 8.19. The predicted octanol–water partition coefficient (Wildman–Crippen LogP) is 4.53.